The molecule has 0 fully saturated rings. The van der Waals surface area contributed by atoms with Gasteiger partial charge in [-0.25, -0.2) is 9.50 Å². The minimum atomic E-state index is -4.72. The van der Waals surface area contributed by atoms with Gasteiger partial charge in [0.2, 0.25) is 0 Å². The Labute approximate surface area is 200 Å². The number of carbonyl (C=O) groups excluding carboxylic acids is 1. The number of aryl methyl sites for hydroxylation is 2. The Morgan fingerprint density at radius 1 is 1.14 bits per heavy atom. The summed E-state index contributed by atoms with van der Waals surface area (Å²) in [6.07, 6.45) is -4.72. The largest absolute Gasteiger partial charge is 0.457 e. The molecule has 0 bridgehead atoms. The van der Waals surface area contributed by atoms with Crippen LogP contribution in [0.2, 0.25) is 5.02 Å². The molecule has 2 aromatic heterocycles. The van der Waals surface area contributed by atoms with E-state index in [9.17, 15) is 28.1 Å². The highest BCUT2D eigenvalue weighted by molar-refractivity contribution is 6.30. The van der Waals surface area contributed by atoms with Crippen molar-refractivity contribution in [1.29, 1.82) is 0 Å². The first-order valence-corrected chi connectivity index (χ1v) is 10.3. The first kappa shape index (κ1) is 24.0. The van der Waals surface area contributed by atoms with E-state index in [-0.39, 0.29) is 34.2 Å². The molecule has 0 unspecified atom stereocenters. The van der Waals surface area contributed by atoms with Crippen LogP contribution in [0.15, 0.2) is 48.5 Å². The number of nitro benzene ring substituents is 1. The number of carbonyl (C=O) groups is 1. The molecule has 0 atom stereocenters. The number of nitrogens with zero attached hydrogens (tertiary/aromatic N) is 4. The summed E-state index contributed by atoms with van der Waals surface area (Å²) in [6, 6.07) is 10.3. The van der Waals surface area contributed by atoms with Gasteiger partial charge >= 0.3 is 6.18 Å². The number of aromatic nitrogens is 3. The van der Waals surface area contributed by atoms with Crippen LogP contribution in [0.4, 0.5) is 24.5 Å². The normalized spacial score (nSPS) is 11.5. The zero-order chi connectivity index (χ0) is 25.5. The number of amides is 1. The van der Waals surface area contributed by atoms with Gasteiger partial charge in [-0.2, -0.15) is 18.3 Å². The molecule has 0 aliphatic rings. The van der Waals surface area contributed by atoms with Crippen molar-refractivity contribution in [2.24, 2.45) is 0 Å². The monoisotopic (exact) mass is 505 g/mol. The van der Waals surface area contributed by atoms with Crippen LogP contribution < -0.4 is 10.1 Å². The van der Waals surface area contributed by atoms with E-state index in [0.717, 1.165) is 24.3 Å². The fourth-order valence-corrected chi connectivity index (χ4v) is 3.51. The lowest BCUT2D eigenvalue weighted by molar-refractivity contribution is -0.384. The van der Waals surface area contributed by atoms with Gasteiger partial charge in [0.15, 0.2) is 11.3 Å². The van der Waals surface area contributed by atoms with E-state index in [1.807, 2.05) is 0 Å². The van der Waals surface area contributed by atoms with Crippen molar-refractivity contribution in [2.45, 2.75) is 20.0 Å². The Morgan fingerprint density at radius 2 is 1.89 bits per heavy atom. The quantitative estimate of drug-likeness (QED) is 0.264. The number of nitro groups is 1. The molecule has 4 rings (SSSR count). The number of fused-ring (bicyclic) bond motifs is 1. The lowest BCUT2D eigenvalue weighted by Gasteiger charge is -2.11. The Balaban J connectivity index is 1.67. The fourth-order valence-electron chi connectivity index (χ4n) is 3.28. The molecule has 2 heterocycles. The third kappa shape index (κ3) is 5.17. The Kier molecular flexibility index (Phi) is 6.07. The van der Waals surface area contributed by atoms with Crippen molar-refractivity contribution < 1.29 is 27.6 Å². The predicted octanol–water partition coefficient (Wildman–Crippen LogP) is 5.97. The van der Waals surface area contributed by atoms with Crippen LogP contribution in [0.5, 0.6) is 11.5 Å². The lowest BCUT2D eigenvalue weighted by atomic mass is 10.2. The summed E-state index contributed by atoms with van der Waals surface area (Å²) in [6.45, 7) is 3.12. The highest BCUT2D eigenvalue weighted by atomic mass is 35.5. The summed E-state index contributed by atoms with van der Waals surface area (Å²) in [5.41, 5.74) is -1.28. The number of non-ortho nitro benzene ring substituents is 1. The number of hydrogen-bond acceptors (Lipinski definition) is 6. The van der Waals surface area contributed by atoms with Crippen LogP contribution in [0.3, 0.4) is 0 Å². The molecule has 0 saturated carbocycles. The highest BCUT2D eigenvalue weighted by Gasteiger charge is 2.35. The van der Waals surface area contributed by atoms with Gasteiger partial charge in [0, 0.05) is 28.9 Å². The fraction of sp³-hybridized carbons (Fsp3) is 0.136. The summed E-state index contributed by atoms with van der Waals surface area (Å²) in [5, 5.41) is 18.0. The third-order valence-corrected chi connectivity index (χ3v) is 5.04. The smallest absolute Gasteiger partial charge is 0.433 e. The summed E-state index contributed by atoms with van der Waals surface area (Å²) in [5.74, 6) is -0.462. The summed E-state index contributed by atoms with van der Waals surface area (Å²) >= 11 is 5.93. The van der Waals surface area contributed by atoms with Crippen molar-refractivity contribution in [3.8, 4) is 11.5 Å². The molecule has 0 saturated heterocycles. The van der Waals surface area contributed by atoms with Crippen LogP contribution in [-0.4, -0.2) is 25.4 Å². The van der Waals surface area contributed by atoms with Gasteiger partial charge < -0.3 is 10.1 Å². The van der Waals surface area contributed by atoms with Crippen molar-refractivity contribution in [3.63, 3.8) is 0 Å². The van der Waals surface area contributed by atoms with Crippen molar-refractivity contribution >= 4 is 34.5 Å². The lowest BCUT2D eigenvalue weighted by Crippen LogP contribution is -2.16. The maximum Gasteiger partial charge on any atom is 0.433 e. The van der Waals surface area contributed by atoms with Crippen LogP contribution in [0.1, 0.15) is 27.4 Å². The standard InChI is InChI=1S/C22H15ClF3N5O4/c1-11-5-13(23)3-4-18(11)35-16-8-14(7-15(9-16)31(33)34)28-21(32)17-10-20-27-12(2)6-19(22(24,25)26)30(20)29-17/h3-10H,1-2H3,(H,28,32). The van der Waals surface area contributed by atoms with E-state index in [0.29, 0.717) is 20.9 Å². The average molecular weight is 506 g/mol. The van der Waals surface area contributed by atoms with E-state index in [2.05, 4.69) is 15.4 Å². The molecule has 0 radical (unpaired) electrons. The van der Waals surface area contributed by atoms with Gasteiger partial charge in [-0.3, -0.25) is 14.9 Å². The predicted molar refractivity (Wildman–Crippen MR) is 120 cm³/mol. The second-order valence-corrected chi connectivity index (χ2v) is 7.96. The highest BCUT2D eigenvalue weighted by Crippen LogP contribution is 2.33. The van der Waals surface area contributed by atoms with Gasteiger partial charge in [-0.1, -0.05) is 11.6 Å². The molecule has 13 heteroatoms. The third-order valence-electron chi connectivity index (χ3n) is 4.80. The molecular weight excluding hydrogens is 491 g/mol. The average Bonchev–Trinajstić information content (AvgIpc) is 3.18. The molecule has 35 heavy (non-hydrogen) atoms. The van der Waals surface area contributed by atoms with Crippen LogP contribution >= 0.6 is 11.6 Å². The maximum atomic E-state index is 13.4. The van der Waals surface area contributed by atoms with E-state index in [4.69, 9.17) is 16.3 Å². The Hall–Kier alpha value is -4.19. The Bertz CT molecular complexity index is 1490. The van der Waals surface area contributed by atoms with Gasteiger partial charge in [0.1, 0.15) is 17.2 Å². The molecule has 2 aromatic carbocycles. The number of benzene rings is 2. The van der Waals surface area contributed by atoms with E-state index >= 15 is 0 Å². The minimum absolute atomic E-state index is 0.0249. The van der Waals surface area contributed by atoms with Crippen LogP contribution in [0.25, 0.3) is 5.65 Å². The van der Waals surface area contributed by atoms with Crippen LogP contribution in [0, 0.1) is 24.0 Å². The van der Waals surface area contributed by atoms with E-state index in [1.165, 1.54) is 13.0 Å². The van der Waals surface area contributed by atoms with E-state index in [1.54, 1.807) is 25.1 Å². The number of anilines is 1. The van der Waals surface area contributed by atoms with Gasteiger partial charge in [-0.15, -0.1) is 0 Å². The maximum absolute atomic E-state index is 13.4. The number of halogens is 4. The number of nitrogens with one attached hydrogen (secondary N) is 1. The second kappa shape index (κ2) is 8.87. The van der Waals surface area contributed by atoms with E-state index < -0.39 is 22.7 Å². The van der Waals surface area contributed by atoms with Gasteiger partial charge in [-0.05, 0) is 43.7 Å². The number of alkyl halides is 3. The molecule has 9 nitrogen and oxygen atoms in total. The van der Waals surface area contributed by atoms with Gasteiger partial charge in [0.25, 0.3) is 11.6 Å². The first-order chi connectivity index (χ1) is 16.4. The van der Waals surface area contributed by atoms with Crippen molar-refractivity contribution in [3.05, 3.63) is 86.3 Å². The zero-order valence-electron chi connectivity index (χ0n) is 18.1. The first-order valence-electron chi connectivity index (χ1n) is 9.90. The molecule has 0 spiro atoms. The zero-order valence-corrected chi connectivity index (χ0v) is 18.8. The van der Waals surface area contributed by atoms with Gasteiger partial charge in [0.05, 0.1) is 16.7 Å². The van der Waals surface area contributed by atoms with Crippen molar-refractivity contribution in [2.75, 3.05) is 5.32 Å². The molecule has 180 valence electrons. The SMILES string of the molecule is Cc1cc(C(F)(F)F)n2nc(C(=O)Nc3cc(Oc4ccc(Cl)cc4C)cc([N+](=O)[O-])c3)cc2n1. The molecule has 1 N–H and O–H groups in total. The molecule has 0 aliphatic heterocycles. The summed E-state index contributed by atoms with van der Waals surface area (Å²) < 4.78 is 46.4. The molecular formula is C22H15ClF3N5O4. The minimum Gasteiger partial charge on any atom is -0.457 e. The summed E-state index contributed by atoms with van der Waals surface area (Å²) in [4.78, 5) is 27.4. The van der Waals surface area contributed by atoms with Crippen LogP contribution in [-0.2, 0) is 6.18 Å². The Morgan fingerprint density at radius 3 is 2.54 bits per heavy atom. The number of rotatable bonds is 5. The summed E-state index contributed by atoms with van der Waals surface area (Å²) in [7, 11) is 0. The topological polar surface area (TPSA) is 112 Å². The molecule has 0 aliphatic carbocycles. The van der Waals surface area contributed by atoms with Crippen molar-refractivity contribution in [1.82, 2.24) is 14.6 Å². The number of hydrogen-bond donors (Lipinski definition) is 1. The molecule has 1 amide bonds. The second-order valence-electron chi connectivity index (χ2n) is 7.52. The molecule has 4 aromatic rings. The number of ether oxygens (including phenoxy) is 1.